The van der Waals surface area contributed by atoms with Gasteiger partial charge in [-0.1, -0.05) is 130 Å². The Labute approximate surface area is 366 Å². The van der Waals surface area contributed by atoms with Crippen LogP contribution in [0.2, 0.25) is 39.3 Å². The molecule has 8 aromatic rings. The Hall–Kier alpha value is -5.69. The molecule has 1 aliphatic carbocycles. The molecule has 0 spiro atoms. The lowest BCUT2D eigenvalue weighted by atomic mass is 9.94. The first-order chi connectivity index (χ1) is 29.0. The fraction of sp³-hybridized carbons (Fsp3) is 0.228. The van der Waals surface area contributed by atoms with Gasteiger partial charge in [0.1, 0.15) is 0 Å². The molecule has 0 N–H and O–H groups in total. The molecule has 1 aliphatic rings. The number of rotatable bonds is 8. The number of benzene rings is 8. The molecular formula is C57H60N2Si2. The van der Waals surface area contributed by atoms with Gasteiger partial charge in [-0.3, -0.25) is 0 Å². The van der Waals surface area contributed by atoms with E-state index >= 15 is 0 Å². The van der Waals surface area contributed by atoms with Crippen LogP contribution in [0, 0.1) is 41.5 Å². The molecule has 0 bridgehead atoms. The highest BCUT2D eigenvalue weighted by Gasteiger charge is 2.60. The fourth-order valence-electron chi connectivity index (χ4n) is 11.6. The van der Waals surface area contributed by atoms with Gasteiger partial charge in [0.05, 0.1) is 21.8 Å². The van der Waals surface area contributed by atoms with Crippen molar-refractivity contribution in [1.29, 1.82) is 0 Å². The van der Waals surface area contributed by atoms with Crippen LogP contribution in [-0.4, -0.2) is 16.1 Å². The maximum absolute atomic E-state index is 2.67. The highest BCUT2D eigenvalue weighted by atomic mass is 28.4. The van der Waals surface area contributed by atoms with Gasteiger partial charge in [-0.15, -0.1) is 0 Å². The second-order valence-electron chi connectivity index (χ2n) is 19.9. The molecule has 0 aromatic heterocycles. The molecule has 0 saturated carbocycles. The van der Waals surface area contributed by atoms with Crippen LogP contribution in [0.3, 0.4) is 0 Å². The average Bonchev–Trinajstić information content (AvgIpc) is 3.51. The minimum Gasteiger partial charge on any atom is -0.310 e. The molecule has 0 fully saturated rings. The molecule has 8 aromatic carbocycles. The largest absolute Gasteiger partial charge is 0.310 e. The molecule has 61 heavy (non-hydrogen) atoms. The number of hydrogen-bond donors (Lipinski definition) is 0. The summed E-state index contributed by atoms with van der Waals surface area (Å²) in [5, 5.41) is 5.32. The summed E-state index contributed by atoms with van der Waals surface area (Å²) in [7, 11) is -4.18. The van der Waals surface area contributed by atoms with Crippen molar-refractivity contribution in [3.8, 4) is 11.1 Å². The van der Waals surface area contributed by atoms with E-state index < -0.39 is 16.1 Å². The number of anilines is 6. The third-order valence-corrected chi connectivity index (χ3v) is 23.5. The van der Waals surface area contributed by atoms with Crippen molar-refractivity contribution >= 4 is 71.8 Å². The van der Waals surface area contributed by atoms with Gasteiger partial charge in [0, 0.05) is 38.5 Å². The minimum atomic E-state index is -2.09. The maximum Gasteiger partial charge on any atom is 0.0579 e. The standard InChI is InChI=1S/C57H60N2Si2/c1-37-29-38(2)32-45(31-37)58(52-23-17-13-19-41(52)5)44-26-28-47-43(35-44)25-27-50-55-49-22-16-15-21-48(49)54(36-51(55)57(56(47)50,60(7,8)9)61(10,11)12)59(53-24-18-14-20-42(53)6)46-33-39(3)30-40(4)34-46/h13-36H,1-12H3. The SMILES string of the molecule is Cc1cc(C)cc(N(c2ccc3c4c(ccc3c2)-c2c(cc(N(c3cc(C)cc(C)c3)c3ccccc3C)c3ccccc23)C4([Si](C)(C)C)[Si](C)(C)C)c2ccccc2C)c1. The van der Waals surface area contributed by atoms with E-state index in [0.29, 0.717) is 0 Å². The van der Waals surface area contributed by atoms with Crippen LogP contribution in [-0.2, 0) is 4.66 Å². The molecule has 2 nitrogen and oxygen atoms in total. The van der Waals surface area contributed by atoms with Crippen LogP contribution in [0.25, 0.3) is 32.7 Å². The predicted molar refractivity (Wildman–Crippen MR) is 272 cm³/mol. The van der Waals surface area contributed by atoms with Gasteiger partial charge < -0.3 is 9.80 Å². The van der Waals surface area contributed by atoms with Crippen molar-refractivity contribution in [3.63, 3.8) is 0 Å². The molecule has 0 radical (unpaired) electrons. The van der Waals surface area contributed by atoms with Crippen molar-refractivity contribution < 1.29 is 0 Å². The van der Waals surface area contributed by atoms with Crippen molar-refractivity contribution in [2.75, 3.05) is 9.80 Å². The van der Waals surface area contributed by atoms with E-state index in [4.69, 9.17) is 0 Å². The average molecular weight is 829 g/mol. The summed E-state index contributed by atoms with van der Waals surface area (Å²) in [6.07, 6.45) is 0. The van der Waals surface area contributed by atoms with E-state index in [0.717, 1.165) is 0 Å². The van der Waals surface area contributed by atoms with Crippen LogP contribution in [0.5, 0.6) is 0 Å². The Morgan fingerprint density at radius 1 is 0.393 bits per heavy atom. The molecular weight excluding hydrogens is 769 g/mol. The number of fused-ring (bicyclic) bond motifs is 7. The summed E-state index contributed by atoms with van der Waals surface area (Å²) in [5.41, 5.74) is 20.8. The number of para-hydroxylation sites is 2. The Morgan fingerprint density at radius 3 is 1.43 bits per heavy atom. The summed E-state index contributed by atoms with van der Waals surface area (Å²) < 4.78 is -0.0895. The van der Waals surface area contributed by atoms with Gasteiger partial charge >= 0.3 is 0 Å². The normalized spacial score (nSPS) is 13.4. The zero-order valence-electron chi connectivity index (χ0n) is 38.3. The third-order valence-electron chi connectivity index (χ3n) is 13.5. The molecule has 0 unspecified atom stereocenters. The van der Waals surface area contributed by atoms with Crippen LogP contribution < -0.4 is 9.80 Å². The smallest absolute Gasteiger partial charge is 0.0579 e. The molecule has 0 saturated heterocycles. The first-order valence-corrected chi connectivity index (χ1v) is 29.0. The summed E-state index contributed by atoms with van der Waals surface area (Å²) in [6.45, 7) is 29.2. The molecule has 4 heteroatoms. The summed E-state index contributed by atoms with van der Waals surface area (Å²) in [4.78, 5) is 5.03. The predicted octanol–water partition coefficient (Wildman–Crippen LogP) is 16.8. The second kappa shape index (κ2) is 14.7. The number of hydrogen-bond acceptors (Lipinski definition) is 2. The lowest BCUT2D eigenvalue weighted by molar-refractivity contribution is 0.962. The molecule has 0 aliphatic heterocycles. The van der Waals surface area contributed by atoms with E-state index in [1.807, 2.05) is 0 Å². The Bertz CT molecular complexity index is 2980. The monoisotopic (exact) mass is 828 g/mol. The van der Waals surface area contributed by atoms with Crippen LogP contribution >= 0.6 is 0 Å². The topological polar surface area (TPSA) is 6.48 Å². The highest BCUT2D eigenvalue weighted by molar-refractivity contribution is 7.00. The Kier molecular flexibility index (Phi) is 9.84. The summed E-state index contributed by atoms with van der Waals surface area (Å²) >= 11 is 0. The lowest BCUT2D eigenvalue weighted by Crippen LogP contribution is -2.63. The van der Waals surface area contributed by atoms with Crippen LogP contribution in [0.1, 0.15) is 44.5 Å². The molecule has 0 amide bonds. The molecule has 0 heterocycles. The Morgan fingerprint density at radius 2 is 0.885 bits per heavy atom. The van der Waals surface area contributed by atoms with Crippen molar-refractivity contribution in [2.24, 2.45) is 0 Å². The third kappa shape index (κ3) is 6.49. The van der Waals surface area contributed by atoms with E-state index in [2.05, 4.69) is 236 Å². The zero-order valence-corrected chi connectivity index (χ0v) is 40.3. The minimum absolute atomic E-state index is 0.0895. The molecule has 9 rings (SSSR count). The van der Waals surface area contributed by atoms with Crippen molar-refractivity contribution in [1.82, 2.24) is 0 Å². The number of aryl methyl sites for hydroxylation is 6. The quantitative estimate of drug-likeness (QED) is 0.141. The van der Waals surface area contributed by atoms with E-state index in [9.17, 15) is 0 Å². The van der Waals surface area contributed by atoms with Crippen LogP contribution in [0.4, 0.5) is 34.1 Å². The molecule has 306 valence electrons. The van der Waals surface area contributed by atoms with E-state index in [1.165, 1.54) is 106 Å². The lowest BCUT2D eigenvalue weighted by Gasteiger charge is -2.52. The van der Waals surface area contributed by atoms with Gasteiger partial charge in [0.15, 0.2) is 0 Å². The summed E-state index contributed by atoms with van der Waals surface area (Å²) in [5.74, 6) is 0. The first kappa shape index (κ1) is 40.7. The van der Waals surface area contributed by atoms with E-state index in [1.54, 1.807) is 5.56 Å². The fourth-order valence-corrected chi connectivity index (χ4v) is 24.7. The summed E-state index contributed by atoms with van der Waals surface area (Å²) in [6, 6.07) is 55.8. The van der Waals surface area contributed by atoms with Gasteiger partial charge in [-0.05, 0) is 168 Å². The van der Waals surface area contributed by atoms with Crippen LogP contribution in [0.15, 0.2) is 146 Å². The van der Waals surface area contributed by atoms with Crippen molar-refractivity contribution in [2.45, 2.75) is 85.5 Å². The number of nitrogens with zero attached hydrogens (tertiary/aromatic N) is 2. The highest BCUT2D eigenvalue weighted by Crippen LogP contribution is 2.62. The zero-order chi connectivity index (χ0) is 43.2. The van der Waals surface area contributed by atoms with Gasteiger partial charge in [-0.25, -0.2) is 0 Å². The Balaban J connectivity index is 1.37. The van der Waals surface area contributed by atoms with E-state index in [-0.39, 0.29) is 4.66 Å². The maximum atomic E-state index is 2.67. The second-order valence-corrected chi connectivity index (χ2v) is 30.9. The molecule has 0 atom stereocenters. The van der Waals surface area contributed by atoms with Crippen molar-refractivity contribution in [3.05, 3.63) is 190 Å². The van der Waals surface area contributed by atoms with Gasteiger partial charge in [0.2, 0.25) is 0 Å². The first-order valence-electron chi connectivity index (χ1n) is 22.0. The van der Waals surface area contributed by atoms with Gasteiger partial charge in [0.25, 0.3) is 0 Å². The van der Waals surface area contributed by atoms with Gasteiger partial charge in [-0.2, -0.15) is 0 Å².